The van der Waals surface area contributed by atoms with Crippen molar-refractivity contribution in [2.75, 3.05) is 0 Å². The van der Waals surface area contributed by atoms with Crippen LogP contribution in [0.1, 0.15) is 0 Å². The maximum atomic E-state index is 5.16. The summed E-state index contributed by atoms with van der Waals surface area (Å²) in [4.78, 5) is 10.2. The number of benzene rings is 9. The van der Waals surface area contributed by atoms with Crippen molar-refractivity contribution in [3.05, 3.63) is 194 Å². The zero-order chi connectivity index (χ0) is 37.9. The minimum atomic E-state index is 0.717. The van der Waals surface area contributed by atoms with E-state index in [0.29, 0.717) is 0 Å². The van der Waals surface area contributed by atoms with E-state index in [1.807, 2.05) is 12.1 Å². The molecule has 0 N–H and O–H groups in total. The van der Waals surface area contributed by atoms with Crippen LogP contribution in [0.15, 0.2) is 194 Å². The van der Waals surface area contributed by atoms with Gasteiger partial charge < -0.3 is 9.13 Å². The topological polar surface area (TPSA) is 35.6 Å². The van der Waals surface area contributed by atoms with Gasteiger partial charge in [0.05, 0.1) is 33.3 Å². The third kappa shape index (κ3) is 4.34. The maximum Gasteiger partial charge on any atom is 0.160 e. The minimum Gasteiger partial charge on any atom is -0.309 e. The molecule has 3 aromatic heterocycles. The lowest BCUT2D eigenvalue weighted by Gasteiger charge is -2.15. The largest absolute Gasteiger partial charge is 0.309 e. The highest BCUT2D eigenvalue weighted by atomic mass is 15.0. The molecular weight excluding hydrogens is 705 g/mol. The van der Waals surface area contributed by atoms with E-state index in [4.69, 9.17) is 9.97 Å². The smallest absolute Gasteiger partial charge is 0.160 e. The summed E-state index contributed by atoms with van der Waals surface area (Å²) in [6.07, 6.45) is 0. The lowest BCUT2D eigenvalue weighted by atomic mass is 9.91. The SMILES string of the molecule is c1ccc(-c2nc(-c3ccc(-n4c5cccc6c5c5c7c(cccc7ccc54)-c4cc5c7ccccc7n(-c7ccccc7)c5cc4-6)cc3)nc3ccccc23)cc1. The molecule has 1 aliphatic rings. The quantitative estimate of drug-likeness (QED) is 0.180. The van der Waals surface area contributed by atoms with Crippen LogP contribution in [-0.2, 0) is 0 Å². The molecule has 0 unspecified atom stereocenters. The van der Waals surface area contributed by atoms with Crippen LogP contribution in [0.5, 0.6) is 0 Å². The molecule has 4 nitrogen and oxygen atoms in total. The molecule has 0 saturated heterocycles. The monoisotopic (exact) mass is 736 g/mol. The summed E-state index contributed by atoms with van der Waals surface area (Å²) in [5.41, 5.74) is 16.0. The van der Waals surface area contributed by atoms with Crippen LogP contribution in [0.2, 0.25) is 0 Å². The summed E-state index contributed by atoms with van der Waals surface area (Å²) in [5, 5.41) is 8.70. The van der Waals surface area contributed by atoms with E-state index in [-0.39, 0.29) is 0 Å². The normalized spacial score (nSPS) is 12.1. The summed E-state index contributed by atoms with van der Waals surface area (Å²) in [6.45, 7) is 0. The maximum absolute atomic E-state index is 5.16. The first kappa shape index (κ1) is 31.4. The Kier molecular flexibility index (Phi) is 6.41. The van der Waals surface area contributed by atoms with Crippen LogP contribution in [0.25, 0.3) is 122 Å². The molecular formula is C54H32N4. The number of hydrogen-bond acceptors (Lipinski definition) is 2. The molecule has 12 aromatic rings. The molecule has 3 heterocycles. The fourth-order valence-electron chi connectivity index (χ4n) is 9.75. The van der Waals surface area contributed by atoms with Crippen molar-refractivity contribution in [1.29, 1.82) is 0 Å². The second-order valence-electron chi connectivity index (χ2n) is 15.3. The third-order valence-corrected chi connectivity index (χ3v) is 12.2. The fraction of sp³-hybridized carbons (Fsp3) is 0. The van der Waals surface area contributed by atoms with E-state index in [2.05, 4.69) is 191 Å². The van der Waals surface area contributed by atoms with E-state index in [0.717, 1.165) is 44.9 Å². The summed E-state index contributed by atoms with van der Waals surface area (Å²) in [6, 6.07) is 70.1. The second-order valence-corrected chi connectivity index (χ2v) is 15.3. The highest BCUT2D eigenvalue weighted by Gasteiger charge is 2.26. The van der Waals surface area contributed by atoms with Crippen molar-refractivity contribution in [2.45, 2.75) is 0 Å². The predicted molar refractivity (Wildman–Crippen MR) is 241 cm³/mol. The van der Waals surface area contributed by atoms with Gasteiger partial charge in [0.25, 0.3) is 0 Å². The van der Waals surface area contributed by atoms with Crippen molar-refractivity contribution in [2.24, 2.45) is 0 Å². The van der Waals surface area contributed by atoms with Gasteiger partial charge in [0.1, 0.15) is 0 Å². The first-order chi connectivity index (χ1) is 28.8. The predicted octanol–water partition coefficient (Wildman–Crippen LogP) is 14.0. The molecule has 0 bridgehead atoms. The molecule has 4 heteroatoms. The van der Waals surface area contributed by atoms with Gasteiger partial charge >= 0.3 is 0 Å². The Labute approximate surface area is 333 Å². The van der Waals surface area contributed by atoms with Gasteiger partial charge in [-0.05, 0) is 106 Å². The van der Waals surface area contributed by atoms with Crippen molar-refractivity contribution < 1.29 is 0 Å². The molecule has 0 atom stereocenters. The number of aromatic nitrogens is 4. The van der Waals surface area contributed by atoms with Crippen LogP contribution >= 0.6 is 0 Å². The number of nitrogens with zero attached hydrogens (tertiary/aromatic N) is 4. The molecule has 268 valence electrons. The number of rotatable bonds is 4. The highest BCUT2D eigenvalue weighted by molar-refractivity contribution is 6.31. The van der Waals surface area contributed by atoms with Crippen LogP contribution < -0.4 is 0 Å². The van der Waals surface area contributed by atoms with Gasteiger partial charge in [-0.25, -0.2) is 9.97 Å². The van der Waals surface area contributed by atoms with Crippen molar-refractivity contribution in [1.82, 2.24) is 19.1 Å². The molecule has 13 rings (SSSR count). The lowest BCUT2D eigenvalue weighted by Crippen LogP contribution is -1.97. The zero-order valence-corrected chi connectivity index (χ0v) is 31.3. The lowest BCUT2D eigenvalue weighted by molar-refractivity contribution is 1.17. The van der Waals surface area contributed by atoms with Crippen LogP contribution in [-0.4, -0.2) is 19.1 Å². The standard InChI is InChI=1S/C54H32N4/c1-3-13-34(14-4-1)53-41-19-7-9-22-45(41)55-54(56-53)35-25-28-37(29-26-35)58-47-24-12-21-40-43-32-49-44(38-18-8-10-23-46(38)57(49)36-16-5-2-6-17-36)31-42(43)39-20-11-15-33-27-30-48(58)52(50(33)39)51(40)47/h1-32H. The first-order valence-corrected chi connectivity index (χ1v) is 19.8. The average molecular weight is 737 g/mol. The molecule has 1 aliphatic carbocycles. The number of para-hydroxylation sites is 3. The van der Waals surface area contributed by atoms with Crippen LogP contribution in [0.3, 0.4) is 0 Å². The Bertz CT molecular complexity index is 3650. The molecule has 0 saturated carbocycles. The average Bonchev–Trinajstić information content (AvgIpc) is 3.77. The Balaban J connectivity index is 1.05. The summed E-state index contributed by atoms with van der Waals surface area (Å²) in [5.74, 6) is 0.717. The van der Waals surface area contributed by atoms with Gasteiger partial charge in [-0.2, -0.15) is 0 Å². The van der Waals surface area contributed by atoms with Gasteiger partial charge in [0.2, 0.25) is 0 Å². The van der Waals surface area contributed by atoms with Gasteiger partial charge in [-0.3, -0.25) is 0 Å². The molecule has 9 aromatic carbocycles. The Morgan fingerprint density at radius 1 is 0.328 bits per heavy atom. The van der Waals surface area contributed by atoms with Crippen LogP contribution in [0.4, 0.5) is 0 Å². The van der Waals surface area contributed by atoms with Crippen molar-refractivity contribution in [3.63, 3.8) is 0 Å². The van der Waals surface area contributed by atoms with Crippen molar-refractivity contribution >= 4 is 65.3 Å². The Morgan fingerprint density at radius 3 is 1.81 bits per heavy atom. The molecule has 0 amide bonds. The fourth-order valence-corrected chi connectivity index (χ4v) is 9.75. The Hall–Kier alpha value is -7.82. The number of hydrogen-bond donors (Lipinski definition) is 0. The Morgan fingerprint density at radius 2 is 0.966 bits per heavy atom. The van der Waals surface area contributed by atoms with Crippen molar-refractivity contribution in [3.8, 4) is 56.3 Å². The molecule has 58 heavy (non-hydrogen) atoms. The van der Waals surface area contributed by atoms with Gasteiger partial charge in [-0.15, -0.1) is 0 Å². The highest BCUT2D eigenvalue weighted by Crippen LogP contribution is 2.51. The number of fused-ring (bicyclic) bond motifs is 7. The zero-order valence-electron chi connectivity index (χ0n) is 31.3. The van der Waals surface area contributed by atoms with Gasteiger partial charge in [0, 0.05) is 49.4 Å². The first-order valence-electron chi connectivity index (χ1n) is 19.8. The summed E-state index contributed by atoms with van der Waals surface area (Å²) in [7, 11) is 0. The van der Waals surface area contributed by atoms with E-state index in [1.54, 1.807) is 0 Å². The molecule has 0 radical (unpaired) electrons. The molecule has 0 aliphatic heterocycles. The molecule has 0 spiro atoms. The minimum absolute atomic E-state index is 0.717. The van der Waals surface area contributed by atoms with Crippen LogP contribution in [0, 0.1) is 0 Å². The second kappa shape index (κ2) is 11.8. The molecule has 0 fully saturated rings. The van der Waals surface area contributed by atoms with E-state index in [1.165, 1.54) is 76.6 Å². The van der Waals surface area contributed by atoms with Gasteiger partial charge in [0.15, 0.2) is 5.82 Å². The van der Waals surface area contributed by atoms with E-state index in [9.17, 15) is 0 Å². The summed E-state index contributed by atoms with van der Waals surface area (Å²) >= 11 is 0. The van der Waals surface area contributed by atoms with Gasteiger partial charge in [-0.1, -0.05) is 121 Å². The summed E-state index contributed by atoms with van der Waals surface area (Å²) < 4.78 is 4.86. The van der Waals surface area contributed by atoms with E-state index >= 15 is 0 Å². The third-order valence-electron chi connectivity index (χ3n) is 12.2. The van der Waals surface area contributed by atoms with E-state index < -0.39 is 0 Å².